The molecule has 0 spiro atoms. The molecule has 9 heteroatoms. The predicted molar refractivity (Wildman–Crippen MR) is 98.5 cm³/mol. The minimum absolute atomic E-state index is 0.0104. The topological polar surface area (TPSA) is 115 Å². The van der Waals surface area contributed by atoms with Gasteiger partial charge in [0, 0.05) is 24.0 Å². The molecule has 0 saturated carbocycles. The van der Waals surface area contributed by atoms with Crippen LogP contribution in [-0.4, -0.2) is 38.3 Å². The number of furan rings is 1. The molecule has 3 rings (SSSR count). The van der Waals surface area contributed by atoms with Crippen molar-refractivity contribution in [3.63, 3.8) is 0 Å². The van der Waals surface area contributed by atoms with E-state index < -0.39 is 21.7 Å². The van der Waals surface area contributed by atoms with Crippen LogP contribution in [0.25, 0.3) is 11.0 Å². The zero-order chi connectivity index (χ0) is 19.4. The Bertz CT molecular complexity index is 950. The van der Waals surface area contributed by atoms with E-state index >= 15 is 0 Å². The van der Waals surface area contributed by atoms with Gasteiger partial charge >= 0.3 is 5.91 Å². The number of sulfone groups is 1. The van der Waals surface area contributed by atoms with Crippen molar-refractivity contribution in [3.05, 3.63) is 35.6 Å². The minimum Gasteiger partial charge on any atom is -0.450 e. The van der Waals surface area contributed by atoms with Gasteiger partial charge in [0.05, 0.1) is 18.1 Å². The van der Waals surface area contributed by atoms with Crippen LogP contribution < -0.4 is 10.9 Å². The highest BCUT2D eigenvalue weighted by Crippen LogP contribution is 2.26. The summed E-state index contributed by atoms with van der Waals surface area (Å²) < 4.78 is 34.0. The third-order valence-corrected chi connectivity index (χ3v) is 6.31. The van der Waals surface area contributed by atoms with Gasteiger partial charge < -0.3 is 9.15 Å². The Morgan fingerprint density at radius 1 is 1.26 bits per heavy atom. The average molecular weight is 394 g/mol. The summed E-state index contributed by atoms with van der Waals surface area (Å²) in [6, 6.07) is 7.23. The zero-order valence-electron chi connectivity index (χ0n) is 15.0. The number of nitrogens with one attached hydrogen (secondary N) is 2. The number of ether oxygens (including phenoxy) is 1. The fourth-order valence-electron chi connectivity index (χ4n) is 3.16. The second-order valence-corrected chi connectivity index (χ2v) is 8.75. The van der Waals surface area contributed by atoms with Crippen molar-refractivity contribution >= 4 is 32.6 Å². The van der Waals surface area contributed by atoms with Gasteiger partial charge in [-0.15, -0.1) is 0 Å². The molecule has 1 fully saturated rings. The first kappa shape index (κ1) is 19.4. The second-order valence-electron chi connectivity index (χ2n) is 6.52. The Balaban J connectivity index is 1.64. The smallest absolute Gasteiger partial charge is 0.305 e. The number of carbonyl (C=O) groups excluding carboxylic acids is 2. The molecular weight excluding hydrogens is 372 g/mol. The Morgan fingerprint density at radius 2 is 2.04 bits per heavy atom. The number of hydrogen-bond acceptors (Lipinski definition) is 6. The fraction of sp³-hybridized carbons (Fsp3) is 0.444. The SMILES string of the molecule is CCOCc1c(C(=O)NNC(=O)C[C@@H]2CCS(=O)(=O)C2)oc2ccccc12. The summed E-state index contributed by atoms with van der Waals surface area (Å²) in [5.41, 5.74) is 5.83. The van der Waals surface area contributed by atoms with Crippen molar-refractivity contribution in [2.24, 2.45) is 5.92 Å². The largest absolute Gasteiger partial charge is 0.450 e. The van der Waals surface area contributed by atoms with Gasteiger partial charge in [-0.2, -0.15) is 0 Å². The lowest BCUT2D eigenvalue weighted by atomic mass is 10.1. The fourth-order valence-corrected chi connectivity index (χ4v) is 5.02. The van der Waals surface area contributed by atoms with E-state index in [1.807, 2.05) is 19.1 Å². The standard InChI is InChI=1S/C18H22N2O6S/c1-2-25-10-14-13-5-3-4-6-15(13)26-17(14)18(22)20-19-16(21)9-12-7-8-27(23,24)11-12/h3-6,12H,2,7-11H2,1H3,(H,19,21)(H,20,22)/t12-/m0/s1. The van der Waals surface area contributed by atoms with Crippen LogP contribution in [0.3, 0.4) is 0 Å². The van der Waals surface area contributed by atoms with Gasteiger partial charge in [0.25, 0.3) is 0 Å². The Hall–Kier alpha value is -2.39. The van der Waals surface area contributed by atoms with E-state index in [9.17, 15) is 18.0 Å². The molecule has 0 bridgehead atoms. The second kappa shape index (κ2) is 8.10. The third kappa shape index (κ3) is 4.67. The van der Waals surface area contributed by atoms with E-state index in [-0.39, 0.29) is 36.2 Å². The maximum Gasteiger partial charge on any atom is 0.305 e. The molecule has 27 heavy (non-hydrogen) atoms. The molecule has 2 aromatic rings. The van der Waals surface area contributed by atoms with Crippen LogP contribution in [0.15, 0.2) is 28.7 Å². The molecule has 1 atom stereocenters. The van der Waals surface area contributed by atoms with Crippen molar-refractivity contribution in [1.29, 1.82) is 0 Å². The molecule has 1 saturated heterocycles. The van der Waals surface area contributed by atoms with E-state index in [2.05, 4.69) is 10.9 Å². The molecule has 8 nitrogen and oxygen atoms in total. The highest BCUT2D eigenvalue weighted by Gasteiger charge is 2.29. The molecule has 2 N–H and O–H groups in total. The van der Waals surface area contributed by atoms with E-state index in [0.717, 1.165) is 5.39 Å². The number of carbonyl (C=O) groups is 2. The number of para-hydroxylation sites is 1. The Kier molecular flexibility index (Phi) is 5.81. The van der Waals surface area contributed by atoms with E-state index in [1.165, 1.54) is 0 Å². The van der Waals surface area contributed by atoms with Crippen LogP contribution in [0.2, 0.25) is 0 Å². The highest BCUT2D eigenvalue weighted by atomic mass is 32.2. The summed E-state index contributed by atoms with van der Waals surface area (Å²) in [5.74, 6) is -1.05. The lowest BCUT2D eigenvalue weighted by Crippen LogP contribution is -2.42. The van der Waals surface area contributed by atoms with Crippen molar-refractivity contribution < 1.29 is 27.2 Å². The van der Waals surface area contributed by atoms with Gasteiger partial charge in [-0.3, -0.25) is 20.4 Å². The molecule has 1 aromatic heterocycles. The number of amides is 2. The quantitative estimate of drug-likeness (QED) is 0.719. The van der Waals surface area contributed by atoms with Crippen molar-refractivity contribution in [3.8, 4) is 0 Å². The summed E-state index contributed by atoms with van der Waals surface area (Å²) in [6.07, 6.45) is 0.511. The molecule has 0 radical (unpaired) electrons. The van der Waals surface area contributed by atoms with E-state index in [1.54, 1.807) is 12.1 Å². The Morgan fingerprint density at radius 3 is 2.74 bits per heavy atom. The molecule has 2 amide bonds. The lowest BCUT2D eigenvalue weighted by molar-refractivity contribution is -0.122. The van der Waals surface area contributed by atoms with Crippen LogP contribution in [0.4, 0.5) is 0 Å². The van der Waals surface area contributed by atoms with Gasteiger partial charge in [0.2, 0.25) is 5.91 Å². The van der Waals surface area contributed by atoms with Gasteiger partial charge in [-0.1, -0.05) is 18.2 Å². The summed E-state index contributed by atoms with van der Waals surface area (Å²) in [4.78, 5) is 24.5. The Labute approximate surface area is 157 Å². The minimum atomic E-state index is -3.04. The highest BCUT2D eigenvalue weighted by molar-refractivity contribution is 7.91. The van der Waals surface area contributed by atoms with Crippen LogP contribution in [0, 0.1) is 5.92 Å². The van der Waals surface area contributed by atoms with Crippen molar-refractivity contribution in [2.75, 3.05) is 18.1 Å². The van der Waals surface area contributed by atoms with Gasteiger partial charge in [0.1, 0.15) is 5.58 Å². The van der Waals surface area contributed by atoms with Crippen LogP contribution in [0.5, 0.6) is 0 Å². The first-order chi connectivity index (χ1) is 12.9. The molecule has 0 unspecified atom stereocenters. The van der Waals surface area contributed by atoms with Gasteiger partial charge in [-0.05, 0) is 25.3 Å². The number of rotatable bonds is 6. The summed E-state index contributed by atoms with van der Waals surface area (Å²) in [7, 11) is -3.04. The maximum absolute atomic E-state index is 12.5. The van der Waals surface area contributed by atoms with Gasteiger partial charge in [0.15, 0.2) is 15.6 Å². The lowest BCUT2D eigenvalue weighted by Gasteiger charge is -2.10. The maximum atomic E-state index is 12.5. The first-order valence-corrected chi connectivity index (χ1v) is 10.6. The predicted octanol–water partition coefficient (Wildman–Crippen LogP) is 1.56. The number of hydrazine groups is 1. The number of benzene rings is 1. The monoisotopic (exact) mass is 394 g/mol. The first-order valence-electron chi connectivity index (χ1n) is 8.77. The van der Waals surface area contributed by atoms with Crippen molar-refractivity contribution in [2.45, 2.75) is 26.4 Å². The number of fused-ring (bicyclic) bond motifs is 1. The number of hydrogen-bond donors (Lipinski definition) is 2. The zero-order valence-corrected chi connectivity index (χ0v) is 15.8. The molecule has 0 aliphatic carbocycles. The van der Waals surface area contributed by atoms with E-state index in [0.29, 0.717) is 24.2 Å². The molecule has 1 aliphatic heterocycles. The normalized spacial score (nSPS) is 18.5. The van der Waals surface area contributed by atoms with E-state index in [4.69, 9.17) is 9.15 Å². The van der Waals surface area contributed by atoms with Crippen molar-refractivity contribution in [1.82, 2.24) is 10.9 Å². The van der Waals surface area contributed by atoms with Crippen LogP contribution in [-0.2, 0) is 26.0 Å². The molecule has 1 aliphatic rings. The van der Waals surface area contributed by atoms with Crippen LogP contribution >= 0.6 is 0 Å². The summed E-state index contributed by atoms with van der Waals surface area (Å²) in [5, 5.41) is 0.776. The third-order valence-electron chi connectivity index (χ3n) is 4.47. The summed E-state index contributed by atoms with van der Waals surface area (Å²) in [6.45, 7) is 2.55. The molecule has 146 valence electrons. The van der Waals surface area contributed by atoms with Crippen LogP contribution in [0.1, 0.15) is 35.9 Å². The molecule has 2 heterocycles. The molecule has 1 aromatic carbocycles. The molecular formula is C18H22N2O6S. The summed E-state index contributed by atoms with van der Waals surface area (Å²) >= 11 is 0. The average Bonchev–Trinajstić information content (AvgIpc) is 3.17. The van der Waals surface area contributed by atoms with Gasteiger partial charge in [-0.25, -0.2) is 8.42 Å².